The maximum Gasteiger partial charge on any atom is 0.0332 e. The molecule has 3 N–H and O–H groups in total. The molecule has 1 aromatic carbocycles. The molecule has 0 heterocycles. The molecule has 106 valence electrons. The van der Waals surface area contributed by atoms with E-state index in [2.05, 4.69) is 43.5 Å². The van der Waals surface area contributed by atoms with Gasteiger partial charge in [0, 0.05) is 16.7 Å². The molecule has 1 aliphatic rings. The fraction of sp³-hybridized carbons (Fsp3) is 0.625. The van der Waals surface area contributed by atoms with Gasteiger partial charge in [-0.25, -0.2) is 0 Å². The van der Waals surface area contributed by atoms with Crippen LogP contribution in [0.2, 0.25) is 0 Å². The summed E-state index contributed by atoms with van der Waals surface area (Å²) in [6.07, 6.45) is 5.40. The van der Waals surface area contributed by atoms with Gasteiger partial charge in [-0.2, -0.15) is 0 Å². The van der Waals surface area contributed by atoms with Crippen LogP contribution in [0.5, 0.6) is 0 Å². The third-order valence-electron chi connectivity index (χ3n) is 4.18. The molecule has 1 saturated carbocycles. The minimum Gasteiger partial charge on any atom is -0.271 e. The van der Waals surface area contributed by atoms with Crippen molar-refractivity contribution in [3.63, 3.8) is 0 Å². The Hall–Kier alpha value is -0.510. The molecule has 2 nitrogen and oxygen atoms in total. The van der Waals surface area contributed by atoms with Crippen LogP contribution in [0.1, 0.15) is 38.2 Å². The molecule has 19 heavy (non-hydrogen) atoms. The van der Waals surface area contributed by atoms with E-state index in [-0.39, 0.29) is 0 Å². The zero-order chi connectivity index (χ0) is 13.7. The minimum atomic E-state index is 0.438. The molecule has 0 aliphatic heterocycles. The molecule has 0 saturated heterocycles. The first-order valence-electron chi connectivity index (χ1n) is 7.34. The smallest absolute Gasteiger partial charge is 0.0332 e. The molecule has 3 unspecified atom stereocenters. The highest BCUT2D eigenvalue weighted by molar-refractivity contribution is 7.99. The summed E-state index contributed by atoms with van der Waals surface area (Å²) in [4.78, 5) is 1.35. The van der Waals surface area contributed by atoms with Crippen molar-refractivity contribution in [3.8, 4) is 0 Å². The van der Waals surface area contributed by atoms with Gasteiger partial charge in [0.2, 0.25) is 0 Å². The highest BCUT2D eigenvalue weighted by Crippen LogP contribution is 2.32. The predicted octanol–water partition coefficient (Wildman–Crippen LogP) is 3.75. The molecule has 1 aliphatic carbocycles. The van der Waals surface area contributed by atoms with Crippen molar-refractivity contribution in [1.29, 1.82) is 0 Å². The van der Waals surface area contributed by atoms with E-state index in [1.165, 1.54) is 36.1 Å². The van der Waals surface area contributed by atoms with Crippen molar-refractivity contribution >= 4 is 11.8 Å². The standard InChI is InChI=1S/C16H26N2S/c1-12-5-3-7-14(9-12)16(18-17)11-19-15-8-4-6-13(2)10-15/h4,6,8,10,12,14,16,18H,3,5,7,9,11,17H2,1-2H3. The van der Waals surface area contributed by atoms with E-state index < -0.39 is 0 Å². The lowest BCUT2D eigenvalue weighted by molar-refractivity contribution is 0.235. The molecular formula is C16H26N2S. The molecule has 3 heteroatoms. The number of hydrogen-bond donors (Lipinski definition) is 2. The third-order valence-corrected chi connectivity index (χ3v) is 5.29. The number of hydrogen-bond acceptors (Lipinski definition) is 3. The van der Waals surface area contributed by atoms with Gasteiger partial charge in [-0.15, -0.1) is 11.8 Å². The van der Waals surface area contributed by atoms with Gasteiger partial charge in [0.05, 0.1) is 0 Å². The van der Waals surface area contributed by atoms with E-state index in [4.69, 9.17) is 5.84 Å². The largest absolute Gasteiger partial charge is 0.271 e. The first-order valence-corrected chi connectivity index (χ1v) is 8.33. The highest BCUT2D eigenvalue weighted by Gasteiger charge is 2.25. The SMILES string of the molecule is Cc1cccc(SCC(NN)C2CCCC(C)C2)c1. The first kappa shape index (κ1) is 14.9. The Morgan fingerprint density at radius 1 is 1.42 bits per heavy atom. The van der Waals surface area contributed by atoms with Crippen LogP contribution in [-0.4, -0.2) is 11.8 Å². The molecule has 0 radical (unpaired) electrons. The fourth-order valence-corrected chi connectivity index (χ4v) is 4.24. The molecule has 0 bridgehead atoms. The summed E-state index contributed by atoms with van der Waals surface area (Å²) < 4.78 is 0. The van der Waals surface area contributed by atoms with Gasteiger partial charge in [-0.05, 0) is 43.7 Å². The van der Waals surface area contributed by atoms with Crippen LogP contribution in [0, 0.1) is 18.8 Å². The quantitative estimate of drug-likeness (QED) is 0.489. The summed E-state index contributed by atoms with van der Waals surface area (Å²) >= 11 is 1.92. The van der Waals surface area contributed by atoms with Crippen LogP contribution in [0.3, 0.4) is 0 Å². The molecule has 0 aromatic heterocycles. The van der Waals surface area contributed by atoms with Gasteiger partial charge in [-0.1, -0.05) is 37.5 Å². The van der Waals surface area contributed by atoms with Crippen LogP contribution in [-0.2, 0) is 0 Å². The van der Waals surface area contributed by atoms with Crippen LogP contribution < -0.4 is 11.3 Å². The fourth-order valence-electron chi connectivity index (χ4n) is 3.06. The van der Waals surface area contributed by atoms with Gasteiger partial charge in [-0.3, -0.25) is 11.3 Å². The summed E-state index contributed by atoms with van der Waals surface area (Å²) in [7, 11) is 0. The lowest BCUT2D eigenvalue weighted by Crippen LogP contribution is -2.44. The summed E-state index contributed by atoms with van der Waals surface area (Å²) in [6.45, 7) is 4.51. The Balaban J connectivity index is 1.88. The zero-order valence-corrected chi connectivity index (χ0v) is 12.9. The number of nitrogens with one attached hydrogen (secondary N) is 1. The molecule has 2 rings (SSSR count). The van der Waals surface area contributed by atoms with E-state index in [9.17, 15) is 0 Å². The lowest BCUT2D eigenvalue weighted by atomic mass is 9.79. The Morgan fingerprint density at radius 3 is 2.95 bits per heavy atom. The summed E-state index contributed by atoms with van der Waals surface area (Å²) in [6, 6.07) is 9.15. The number of hydrazine groups is 1. The van der Waals surface area contributed by atoms with Gasteiger partial charge in [0.1, 0.15) is 0 Å². The number of rotatable bonds is 5. The van der Waals surface area contributed by atoms with E-state index in [0.29, 0.717) is 6.04 Å². The van der Waals surface area contributed by atoms with Crippen LogP contribution >= 0.6 is 11.8 Å². The number of benzene rings is 1. The first-order chi connectivity index (χ1) is 9.19. The Morgan fingerprint density at radius 2 is 2.26 bits per heavy atom. The normalized spacial score (nSPS) is 25.2. The number of nitrogens with two attached hydrogens (primary N) is 1. The molecule has 1 fully saturated rings. The van der Waals surface area contributed by atoms with E-state index in [0.717, 1.165) is 17.6 Å². The topological polar surface area (TPSA) is 38.0 Å². The van der Waals surface area contributed by atoms with Crippen molar-refractivity contribution in [1.82, 2.24) is 5.43 Å². The summed E-state index contributed by atoms with van der Waals surface area (Å²) in [5.41, 5.74) is 4.38. The molecule has 0 amide bonds. The monoisotopic (exact) mass is 278 g/mol. The Bertz CT molecular complexity index is 394. The average Bonchev–Trinajstić information content (AvgIpc) is 2.40. The van der Waals surface area contributed by atoms with Crippen molar-refractivity contribution in [2.24, 2.45) is 17.7 Å². The molecule has 0 spiro atoms. The number of aryl methyl sites for hydroxylation is 1. The number of thioether (sulfide) groups is 1. The maximum atomic E-state index is 5.78. The van der Waals surface area contributed by atoms with Gasteiger partial charge >= 0.3 is 0 Å². The van der Waals surface area contributed by atoms with Crippen molar-refractivity contribution < 1.29 is 0 Å². The van der Waals surface area contributed by atoms with Gasteiger partial charge in [0.25, 0.3) is 0 Å². The molecular weight excluding hydrogens is 252 g/mol. The van der Waals surface area contributed by atoms with Crippen molar-refractivity contribution in [3.05, 3.63) is 29.8 Å². The second-order valence-corrected chi connectivity index (χ2v) is 7.03. The van der Waals surface area contributed by atoms with E-state index in [1.54, 1.807) is 0 Å². The second-order valence-electron chi connectivity index (χ2n) is 5.93. The van der Waals surface area contributed by atoms with Crippen molar-refractivity contribution in [2.45, 2.75) is 50.5 Å². The minimum absolute atomic E-state index is 0.438. The van der Waals surface area contributed by atoms with Crippen LogP contribution in [0.15, 0.2) is 29.2 Å². The van der Waals surface area contributed by atoms with Crippen molar-refractivity contribution in [2.75, 3.05) is 5.75 Å². The highest BCUT2D eigenvalue weighted by atomic mass is 32.2. The van der Waals surface area contributed by atoms with Gasteiger partial charge < -0.3 is 0 Å². The third kappa shape index (κ3) is 4.51. The van der Waals surface area contributed by atoms with Crippen LogP contribution in [0.4, 0.5) is 0 Å². The summed E-state index contributed by atoms with van der Waals surface area (Å²) in [5.74, 6) is 8.45. The molecule has 3 atom stereocenters. The lowest BCUT2D eigenvalue weighted by Gasteiger charge is -2.32. The van der Waals surface area contributed by atoms with E-state index >= 15 is 0 Å². The van der Waals surface area contributed by atoms with E-state index in [1.807, 2.05) is 11.8 Å². The van der Waals surface area contributed by atoms with Crippen LogP contribution in [0.25, 0.3) is 0 Å². The zero-order valence-electron chi connectivity index (χ0n) is 12.1. The summed E-state index contributed by atoms with van der Waals surface area (Å²) in [5, 5.41) is 0. The second kappa shape index (κ2) is 7.32. The maximum absolute atomic E-state index is 5.78. The predicted molar refractivity (Wildman–Crippen MR) is 84.1 cm³/mol. The Labute approximate surface area is 121 Å². The average molecular weight is 278 g/mol. The van der Waals surface area contributed by atoms with Gasteiger partial charge in [0.15, 0.2) is 0 Å². The Kier molecular flexibility index (Phi) is 5.74. The molecule has 1 aromatic rings.